The van der Waals surface area contributed by atoms with Crippen LogP contribution in [0.3, 0.4) is 0 Å². The van der Waals surface area contributed by atoms with Crippen LogP contribution >= 0.6 is 0 Å². The van der Waals surface area contributed by atoms with E-state index in [2.05, 4.69) is 4.98 Å². The summed E-state index contributed by atoms with van der Waals surface area (Å²) in [5.74, 6) is -0.0162. The Morgan fingerprint density at radius 3 is 2.81 bits per heavy atom. The fourth-order valence-corrected chi connectivity index (χ4v) is 2.23. The van der Waals surface area contributed by atoms with Crippen LogP contribution in [0.15, 0.2) is 18.5 Å². The number of nitrogens with two attached hydrogens (primary N) is 1. The van der Waals surface area contributed by atoms with Gasteiger partial charge >= 0.3 is 0 Å². The van der Waals surface area contributed by atoms with Gasteiger partial charge in [-0.05, 0) is 18.9 Å². The van der Waals surface area contributed by atoms with Crippen LogP contribution < -0.4 is 5.73 Å². The predicted molar refractivity (Wildman–Crippen MR) is 63.0 cm³/mol. The quantitative estimate of drug-likeness (QED) is 0.823. The highest BCUT2D eigenvalue weighted by atomic mass is 16.2. The highest BCUT2D eigenvalue weighted by molar-refractivity contribution is 5.98. The Hall–Kier alpha value is -1.58. The third-order valence-corrected chi connectivity index (χ3v) is 3.28. The van der Waals surface area contributed by atoms with E-state index in [1.165, 1.54) is 12.8 Å². The Kier molecular flexibility index (Phi) is 3.08. The molecule has 1 aromatic heterocycles. The average Bonchev–Trinajstić information content (AvgIpc) is 2.81. The van der Waals surface area contributed by atoms with Crippen LogP contribution in [0.5, 0.6) is 0 Å². The molecule has 1 heterocycles. The molecule has 0 radical (unpaired) electrons. The number of aromatic nitrogens is 1. The Balaban J connectivity index is 2.15. The van der Waals surface area contributed by atoms with Crippen LogP contribution in [0, 0.1) is 0 Å². The summed E-state index contributed by atoms with van der Waals surface area (Å²) < 4.78 is 0. The maximum absolute atomic E-state index is 12.2. The van der Waals surface area contributed by atoms with E-state index in [9.17, 15) is 4.79 Å². The largest absolute Gasteiger partial charge is 0.398 e. The van der Waals surface area contributed by atoms with Gasteiger partial charge in [-0.3, -0.25) is 9.78 Å². The van der Waals surface area contributed by atoms with Crippen molar-refractivity contribution >= 4 is 11.6 Å². The van der Waals surface area contributed by atoms with Gasteiger partial charge in [0.05, 0.1) is 5.56 Å². The van der Waals surface area contributed by atoms with Crippen molar-refractivity contribution in [1.29, 1.82) is 0 Å². The molecule has 86 valence electrons. The molecule has 1 saturated carbocycles. The number of nitrogens with zero attached hydrogens (tertiary/aromatic N) is 2. The van der Waals surface area contributed by atoms with Gasteiger partial charge in [0.25, 0.3) is 5.91 Å². The molecule has 0 aliphatic heterocycles. The second-order valence-corrected chi connectivity index (χ2v) is 4.32. The van der Waals surface area contributed by atoms with Crippen LogP contribution in [-0.2, 0) is 0 Å². The summed E-state index contributed by atoms with van der Waals surface area (Å²) in [6, 6.07) is 2.03. The third kappa shape index (κ3) is 2.01. The number of amides is 1. The van der Waals surface area contributed by atoms with Crippen LogP contribution in [-0.4, -0.2) is 28.9 Å². The van der Waals surface area contributed by atoms with Crippen molar-refractivity contribution in [2.75, 3.05) is 12.8 Å². The number of rotatable bonds is 2. The first-order chi connectivity index (χ1) is 7.70. The molecule has 0 atom stereocenters. The van der Waals surface area contributed by atoms with E-state index in [4.69, 9.17) is 5.73 Å². The fraction of sp³-hybridized carbons (Fsp3) is 0.500. The van der Waals surface area contributed by atoms with E-state index < -0.39 is 0 Å². The second kappa shape index (κ2) is 4.51. The van der Waals surface area contributed by atoms with Crippen molar-refractivity contribution in [2.45, 2.75) is 31.7 Å². The summed E-state index contributed by atoms with van der Waals surface area (Å²) in [7, 11) is 1.85. The molecule has 0 saturated heterocycles. The van der Waals surface area contributed by atoms with Gasteiger partial charge in [-0.25, -0.2) is 0 Å². The van der Waals surface area contributed by atoms with Gasteiger partial charge in [0.1, 0.15) is 0 Å². The number of carbonyl (C=O) groups is 1. The molecule has 4 nitrogen and oxygen atoms in total. The number of hydrogen-bond acceptors (Lipinski definition) is 3. The lowest BCUT2D eigenvalue weighted by Crippen LogP contribution is -2.35. The maximum Gasteiger partial charge on any atom is 0.257 e. The first-order valence-electron chi connectivity index (χ1n) is 5.67. The Labute approximate surface area is 95.5 Å². The summed E-state index contributed by atoms with van der Waals surface area (Å²) >= 11 is 0. The first-order valence-corrected chi connectivity index (χ1v) is 5.67. The summed E-state index contributed by atoms with van der Waals surface area (Å²) in [6.07, 6.45) is 7.77. The van der Waals surface area contributed by atoms with Gasteiger partial charge in [0.15, 0.2) is 0 Å². The zero-order valence-corrected chi connectivity index (χ0v) is 9.52. The summed E-state index contributed by atoms with van der Waals surface area (Å²) in [4.78, 5) is 17.9. The molecule has 1 aliphatic carbocycles. The van der Waals surface area contributed by atoms with E-state index in [1.807, 2.05) is 7.05 Å². The number of anilines is 1. The van der Waals surface area contributed by atoms with Crippen molar-refractivity contribution < 1.29 is 4.79 Å². The second-order valence-electron chi connectivity index (χ2n) is 4.32. The molecule has 2 rings (SSSR count). The SMILES string of the molecule is CN(C(=O)c1cnccc1N)C1CCCC1. The van der Waals surface area contributed by atoms with Crippen LogP contribution in [0.1, 0.15) is 36.0 Å². The third-order valence-electron chi connectivity index (χ3n) is 3.28. The lowest BCUT2D eigenvalue weighted by molar-refractivity contribution is 0.0736. The van der Waals surface area contributed by atoms with E-state index in [0.29, 0.717) is 17.3 Å². The molecule has 16 heavy (non-hydrogen) atoms. The van der Waals surface area contributed by atoms with Crippen LogP contribution in [0.25, 0.3) is 0 Å². The number of nitrogen functional groups attached to an aromatic ring is 1. The van der Waals surface area contributed by atoms with Crippen molar-refractivity contribution in [3.8, 4) is 0 Å². The smallest absolute Gasteiger partial charge is 0.257 e. The number of pyridine rings is 1. The molecule has 0 aromatic carbocycles. The summed E-state index contributed by atoms with van der Waals surface area (Å²) in [5, 5.41) is 0. The molecule has 1 fully saturated rings. The standard InChI is InChI=1S/C12H17N3O/c1-15(9-4-2-3-5-9)12(16)10-8-14-7-6-11(10)13/h6-9H,2-5H2,1H3,(H2,13,14). The number of carbonyl (C=O) groups excluding carboxylic acids is 1. The highest BCUT2D eigenvalue weighted by Gasteiger charge is 2.25. The summed E-state index contributed by atoms with van der Waals surface area (Å²) in [5.41, 5.74) is 6.79. The van der Waals surface area contributed by atoms with E-state index in [-0.39, 0.29) is 5.91 Å². The molecule has 1 aromatic rings. The molecular formula is C12H17N3O. The topological polar surface area (TPSA) is 59.2 Å². The van der Waals surface area contributed by atoms with E-state index in [0.717, 1.165) is 12.8 Å². The number of hydrogen-bond donors (Lipinski definition) is 1. The summed E-state index contributed by atoms with van der Waals surface area (Å²) in [6.45, 7) is 0. The van der Waals surface area contributed by atoms with Gasteiger partial charge in [0.2, 0.25) is 0 Å². The Morgan fingerprint density at radius 2 is 2.19 bits per heavy atom. The lowest BCUT2D eigenvalue weighted by Gasteiger charge is -2.24. The van der Waals surface area contributed by atoms with Crippen LogP contribution in [0.2, 0.25) is 0 Å². The molecule has 1 aliphatic rings. The maximum atomic E-state index is 12.2. The normalized spacial score (nSPS) is 16.3. The van der Waals surface area contributed by atoms with E-state index >= 15 is 0 Å². The Bertz CT molecular complexity index is 386. The molecule has 0 unspecified atom stereocenters. The minimum atomic E-state index is -0.0162. The van der Waals surface area contributed by atoms with Crippen LogP contribution in [0.4, 0.5) is 5.69 Å². The van der Waals surface area contributed by atoms with E-state index in [1.54, 1.807) is 23.4 Å². The zero-order valence-electron chi connectivity index (χ0n) is 9.52. The fourth-order valence-electron chi connectivity index (χ4n) is 2.23. The van der Waals surface area contributed by atoms with Crippen molar-refractivity contribution in [3.63, 3.8) is 0 Å². The molecule has 0 spiro atoms. The highest BCUT2D eigenvalue weighted by Crippen LogP contribution is 2.24. The minimum absolute atomic E-state index is 0.0162. The molecule has 2 N–H and O–H groups in total. The average molecular weight is 219 g/mol. The zero-order chi connectivity index (χ0) is 11.5. The molecule has 1 amide bonds. The molecule has 4 heteroatoms. The van der Waals surface area contributed by atoms with Gasteiger partial charge in [-0.15, -0.1) is 0 Å². The molecule has 0 bridgehead atoms. The molecular weight excluding hydrogens is 202 g/mol. The Morgan fingerprint density at radius 1 is 1.50 bits per heavy atom. The first kappa shape index (κ1) is 10.9. The van der Waals surface area contributed by atoms with Gasteiger partial charge in [-0.2, -0.15) is 0 Å². The lowest BCUT2D eigenvalue weighted by atomic mass is 10.1. The predicted octanol–water partition coefficient (Wildman–Crippen LogP) is 1.68. The van der Waals surface area contributed by atoms with Gasteiger partial charge in [0, 0.05) is 31.2 Å². The monoisotopic (exact) mass is 219 g/mol. The van der Waals surface area contributed by atoms with Crippen molar-refractivity contribution in [2.24, 2.45) is 0 Å². The van der Waals surface area contributed by atoms with Crippen molar-refractivity contribution in [3.05, 3.63) is 24.0 Å². The van der Waals surface area contributed by atoms with Gasteiger partial charge in [-0.1, -0.05) is 12.8 Å². The van der Waals surface area contributed by atoms with Gasteiger partial charge < -0.3 is 10.6 Å². The van der Waals surface area contributed by atoms with Crippen molar-refractivity contribution in [1.82, 2.24) is 9.88 Å². The minimum Gasteiger partial charge on any atom is -0.398 e.